The SMILES string of the molecule is C=C([O])[N-]C([CH2+])=O. The van der Waals surface area contributed by atoms with Crippen LogP contribution in [0.25, 0.3) is 5.32 Å². The molecule has 0 aromatic carbocycles. The van der Waals surface area contributed by atoms with Gasteiger partial charge < -0.3 is 10.4 Å². The van der Waals surface area contributed by atoms with Crippen molar-refractivity contribution in [3.63, 3.8) is 0 Å². The minimum absolute atomic E-state index is 0.750. The van der Waals surface area contributed by atoms with Crippen LogP contribution in [0.5, 0.6) is 0 Å². The van der Waals surface area contributed by atoms with E-state index in [2.05, 4.69) is 18.8 Å². The first-order valence-electron chi connectivity index (χ1n) is 1.56. The van der Waals surface area contributed by atoms with Gasteiger partial charge in [0.2, 0.25) is 5.91 Å². The molecule has 0 bridgehead atoms. The average molecular weight is 98.1 g/mol. The van der Waals surface area contributed by atoms with Gasteiger partial charge in [-0.15, -0.1) is 0 Å². The molecule has 0 saturated heterocycles. The summed E-state index contributed by atoms with van der Waals surface area (Å²) in [6, 6.07) is 0. The Morgan fingerprint density at radius 1 is 1.71 bits per heavy atom. The second-order valence-corrected chi connectivity index (χ2v) is 0.899. The number of hydrogen-bond acceptors (Lipinski definition) is 1. The lowest BCUT2D eigenvalue weighted by molar-refractivity contribution is -0.111. The molecule has 0 aromatic heterocycles. The number of hydrogen-bond donors (Lipinski definition) is 0. The van der Waals surface area contributed by atoms with Gasteiger partial charge in [-0.25, -0.2) is 0 Å². The molecule has 0 aliphatic heterocycles. The van der Waals surface area contributed by atoms with Crippen LogP contribution < -0.4 is 0 Å². The van der Waals surface area contributed by atoms with Crippen molar-refractivity contribution in [2.75, 3.05) is 0 Å². The third-order valence-electron chi connectivity index (χ3n) is 0.249. The molecule has 0 atom stereocenters. The van der Waals surface area contributed by atoms with Crippen LogP contribution in [-0.2, 0) is 9.90 Å². The highest BCUT2D eigenvalue weighted by Crippen LogP contribution is 1.95. The van der Waals surface area contributed by atoms with Crippen molar-refractivity contribution in [1.82, 2.24) is 0 Å². The fraction of sp³-hybridized carbons (Fsp3) is 0. The van der Waals surface area contributed by atoms with Crippen LogP contribution in [0, 0.1) is 6.92 Å². The summed E-state index contributed by atoms with van der Waals surface area (Å²) in [5.74, 6) is -1.50. The van der Waals surface area contributed by atoms with E-state index in [1.165, 1.54) is 0 Å². The van der Waals surface area contributed by atoms with E-state index in [-0.39, 0.29) is 0 Å². The van der Waals surface area contributed by atoms with E-state index in [0.29, 0.717) is 0 Å². The molecule has 7 heavy (non-hydrogen) atoms. The zero-order valence-corrected chi connectivity index (χ0v) is 3.68. The summed E-state index contributed by atoms with van der Waals surface area (Å²) >= 11 is 0. The molecule has 0 aromatic rings. The molecule has 0 N–H and O–H groups in total. The van der Waals surface area contributed by atoms with Crippen LogP contribution in [-0.4, -0.2) is 5.91 Å². The summed E-state index contributed by atoms with van der Waals surface area (Å²) in [6.45, 7) is 5.62. The van der Waals surface area contributed by atoms with E-state index < -0.39 is 11.8 Å². The Morgan fingerprint density at radius 3 is 2.14 bits per heavy atom. The molecule has 0 unspecified atom stereocenters. The maximum absolute atomic E-state index is 9.72. The Labute approximate surface area is 41.7 Å². The van der Waals surface area contributed by atoms with Gasteiger partial charge in [0.05, 0.1) is 5.88 Å². The molecule has 0 rings (SSSR count). The number of nitrogens with zero attached hydrogens (tertiary/aromatic N) is 1. The van der Waals surface area contributed by atoms with E-state index in [0.717, 1.165) is 0 Å². The lowest BCUT2D eigenvalue weighted by Crippen LogP contribution is -1.85. The first-order valence-corrected chi connectivity index (χ1v) is 1.56. The number of carbonyl (C=O) groups excluding carboxylic acids is 1. The normalized spacial score (nSPS) is 7.43. The van der Waals surface area contributed by atoms with Gasteiger partial charge in [-0.3, -0.25) is 4.79 Å². The van der Waals surface area contributed by atoms with Crippen LogP contribution in [0.15, 0.2) is 12.5 Å². The highest BCUT2D eigenvalue weighted by atomic mass is 16.3. The van der Waals surface area contributed by atoms with Gasteiger partial charge in [-0.2, -0.15) is 0 Å². The predicted octanol–water partition coefficient (Wildman–Crippen LogP) is 0.622. The van der Waals surface area contributed by atoms with Crippen molar-refractivity contribution in [3.05, 3.63) is 24.7 Å². The highest BCUT2D eigenvalue weighted by molar-refractivity contribution is 5.94. The summed E-state index contributed by atoms with van der Waals surface area (Å²) in [6.07, 6.45) is 0. The minimum Gasteiger partial charge on any atom is -0.550 e. The lowest BCUT2D eigenvalue weighted by Gasteiger charge is -2.02. The second-order valence-electron chi connectivity index (χ2n) is 0.899. The molecule has 0 fully saturated rings. The molecule has 3 nitrogen and oxygen atoms in total. The van der Waals surface area contributed by atoms with Gasteiger partial charge in [-0.05, 0) is 0 Å². The topological polar surface area (TPSA) is 51.1 Å². The Balaban J connectivity index is 3.32. The summed E-state index contributed by atoms with van der Waals surface area (Å²) < 4.78 is 0. The minimum atomic E-state index is -0.750. The molecule has 1 radical (unpaired) electrons. The van der Waals surface area contributed by atoms with E-state index in [1.54, 1.807) is 0 Å². The largest absolute Gasteiger partial charge is 0.550 e. The van der Waals surface area contributed by atoms with E-state index >= 15 is 0 Å². The molecule has 37 valence electrons. The van der Waals surface area contributed by atoms with E-state index in [4.69, 9.17) is 0 Å². The molecule has 3 heteroatoms. The summed E-state index contributed by atoms with van der Waals surface area (Å²) in [4.78, 5) is 9.72. The zero-order valence-electron chi connectivity index (χ0n) is 3.68. The maximum Gasteiger partial charge on any atom is 0.240 e. The van der Waals surface area contributed by atoms with E-state index in [9.17, 15) is 9.90 Å². The second kappa shape index (κ2) is 2.12. The molecular formula is C4H4NO2. The van der Waals surface area contributed by atoms with Gasteiger partial charge in [-0.1, -0.05) is 6.58 Å². The number of carbonyl (C=O) groups is 1. The molecular weight excluding hydrogens is 94.0 g/mol. The van der Waals surface area contributed by atoms with Gasteiger partial charge in [0, 0.05) is 0 Å². The van der Waals surface area contributed by atoms with Crippen molar-refractivity contribution in [3.8, 4) is 0 Å². The first kappa shape index (κ1) is 5.88. The lowest BCUT2D eigenvalue weighted by atomic mass is 10.7. The predicted molar refractivity (Wildman–Crippen MR) is 23.5 cm³/mol. The van der Waals surface area contributed by atoms with Crippen molar-refractivity contribution >= 4 is 5.91 Å². The number of rotatable bonds is 1. The standard InChI is InChI=1S/C4H4NO2/c1-3(6)5-4(2)7/h1-2H2. The monoisotopic (exact) mass is 98.0 g/mol. The van der Waals surface area contributed by atoms with Crippen molar-refractivity contribution < 1.29 is 9.90 Å². The molecule has 0 saturated carbocycles. The Morgan fingerprint density at radius 2 is 2.14 bits per heavy atom. The third-order valence-corrected chi connectivity index (χ3v) is 0.249. The fourth-order valence-corrected chi connectivity index (χ4v) is 0.139. The summed E-state index contributed by atoms with van der Waals surface area (Å²) in [5, 5.41) is 12.5. The van der Waals surface area contributed by atoms with Crippen LogP contribution in [0.4, 0.5) is 0 Å². The molecule has 0 heterocycles. The highest BCUT2D eigenvalue weighted by Gasteiger charge is 1.81. The summed E-state index contributed by atoms with van der Waals surface area (Å²) in [5.41, 5.74) is 0. The smallest absolute Gasteiger partial charge is 0.240 e. The number of amides is 1. The van der Waals surface area contributed by atoms with Crippen molar-refractivity contribution in [1.29, 1.82) is 0 Å². The molecule has 0 aliphatic rings. The van der Waals surface area contributed by atoms with Crippen LogP contribution >= 0.6 is 0 Å². The Hall–Kier alpha value is -1.12. The average Bonchev–Trinajstić information content (AvgIpc) is 1.27. The zero-order chi connectivity index (χ0) is 5.86. The molecule has 0 aliphatic carbocycles. The van der Waals surface area contributed by atoms with Crippen molar-refractivity contribution in [2.24, 2.45) is 0 Å². The Kier molecular flexibility index (Phi) is 1.78. The Bertz CT molecular complexity index is 85.9. The van der Waals surface area contributed by atoms with Gasteiger partial charge in [0.25, 0.3) is 0 Å². The summed E-state index contributed by atoms with van der Waals surface area (Å²) in [7, 11) is 0. The van der Waals surface area contributed by atoms with Gasteiger partial charge >= 0.3 is 0 Å². The third kappa shape index (κ3) is 4.88. The van der Waals surface area contributed by atoms with Crippen LogP contribution in [0.1, 0.15) is 0 Å². The van der Waals surface area contributed by atoms with Gasteiger partial charge in [0.1, 0.15) is 6.92 Å². The van der Waals surface area contributed by atoms with Gasteiger partial charge in [0.15, 0.2) is 0 Å². The maximum atomic E-state index is 9.72. The van der Waals surface area contributed by atoms with Crippen molar-refractivity contribution in [2.45, 2.75) is 0 Å². The molecule has 1 amide bonds. The fourth-order valence-electron chi connectivity index (χ4n) is 0.139. The molecule has 0 spiro atoms. The van der Waals surface area contributed by atoms with Crippen LogP contribution in [0.2, 0.25) is 0 Å². The quantitative estimate of drug-likeness (QED) is 0.350. The first-order chi connectivity index (χ1) is 3.13. The van der Waals surface area contributed by atoms with E-state index in [1.807, 2.05) is 0 Å². The van der Waals surface area contributed by atoms with Crippen LogP contribution in [0.3, 0.4) is 0 Å².